The third-order valence-electron chi connectivity index (χ3n) is 7.33. The van der Waals surface area contributed by atoms with Gasteiger partial charge in [-0.1, -0.05) is 55.7 Å². The Labute approximate surface area is 197 Å². The first-order valence-corrected chi connectivity index (χ1v) is 12.6. The summed E-state index contributed by atoms with van der Waals surface area (Å²) in [4.78, 5) is 24.6. The van der Waals surface area contributed by atoms with Crippen LogP contribution in [0.2, 0.25) is 0 Å². The van der Waals surface area contributed by atoms with Gasteiger partial charge in [0.2, 0.25) is 5.91 Å². The third kappa shape index (κ3) is 5.18. The molecule has 1 aromatic heterocycles. The quantitative estimate of drug-likeness (QED) is 0.644. The molecule has 33 heavy (non-hydrogen) atoms. The Morgan fingerprint density at radius 2 is 1.91 bits per heavy atom. The number of likely N-dealkylation sites (tertiary alicyclic amines) is 1. The molecule has 1 amide bonds. The van der Waals surface area contributed by atoms with E-state index in [4.69, 9.17) is 9.98 Å². The van der Waals surface area contributed by atoms with E-state index < -0.39 is 0 Å². The van der Waals surface area contributed by atoms with Gasteiger partial charge in [0.25, 0.3) is 0 Å². The van der Waals surface area contributed by atoms with Crippen LogP contribution in [-0.2, 0) is 11.2 Å². The molecule has 0 spiro atoms. The van der Waals surface area contributed by atoms with Gasteiger partial charge in [0.15, 0.2) is 0 Å². The number of aliphatic imine (C=N–C) groups is 1. The first-order valence-electron chi connectivity index (χ1n) is 12.6. The number of nitrogens with zero attached hydrogens (tertiary/aromatic N) is 3. The number of anilines is 1. The smallest absolute Gasteiger partial charge is 0.222 e. The molecule has 1 N–H and O–H groups in total. The van der Waals surface area contributed by atoms with Crippen LogP contribution in [0.3, 0.4) is 0 Å². The second-order valence-corrected chi connectivity index (χ2v) is 9.57. The molecular weight excluding hydrogens is 408 g/mol. The van der Waals surface area contributed by atoms with Gasteiger partial charge in [-0.25, -0.2) is 4.98 Å². The molecule has 2 fully saturated rings. The van der Waals surface area contributed by atoms with E-state index in [0.29, 0.717) is 24.8 Å². The molecule has 0 bridgehead atoms. The number of hydrogen-bond acceptors (Lipinski definition) is 4. The molecule has 1 saturated heterocycles. The number of benzene rings is 1. The normalized spacial score (nSPS) is 20.8. The summed E-state index contributed by atoms with van der Waals surface area (Å²) in [5, 5.41) is 3.72. The second-order valence-electron chi connectivity index (χ2n) is 9.57. The molecule has 3 heterocycles. The Balaban J connectivity index is 1.26. The van der Waals surface area contributed by atoms with Gasteiger partial charge in [0.1, 0.15) is 5.82 Å². The molecule has 2 aromatic rings. The summed E-state index contributed by atoms with van der Waals surface area (Å²) in [5.41, 5.74) is 4.68. The summed E-state index contributed by atoms with van der Waals surface area (Å²) in [6.07, 6.45) is 15.2. The van der Waals surface area contributed by atoms with E-state index in [1.807, 2.05) is 23.4 Å². The van der Waals surface area contributed by atoms with Crippen LogP contribution in [0.25, 0.3) is 0 Å². The summed E-state index contributed by atoms with van der Waals surface area (Å²) in [6.45, 7) is 1.67. The Hall–Kier alpha value is -2.95. The number of allylic oxidation sites excluding steroid dienone is 1. The van der Waals surface area contributed by atoms with E-state index in [0.717, 1.165) is 43.0 Å². The van der Waals surface area contributed by atoms with Gasteiger partial charge in [0, 0.05) is 49.4 Å². The van der Waals surface area contributed by atoms with Crippen molar-refractivity contribution in [3.8, 4) is 0 Å². The average molecular weight is 443 g/mol. The molecular formula is C28H34N4O. The van der Waals surface area contributed by atoms with Crippen molar-refractivity contribution in [3.63, 3.8) is 0 Å². The minimum Gasteiger partial charge on any atom is -0.367 e. The van der Waals surface area contributed by atoms with E-state index in [2.05, 4.69) is 41.7 Å². The van der Waals surface area contributed by atoms with Gasteiger partial charge in [0.05, 0.1) is 5.71 Å². The van der Waals surface area contributed by atoms with Gasteiger partial charge >= 0.3 is 0 Å². The van der Waals surface area contributed by atoms with Crippen LogP contribution in [-0.4, -0.2) is 40.6 Å². The number of nitrogens with one attached hydrogen (secondary N) is 1. The Morgan fingerprint density at radius 1 is 1.06 bits per heavy atom. The highest BCUT2D eigenvalue weighted by Crippen LogP contribution is 2.29. The topological polar surface area (TPSA) is 57.6 Å². The van der Waals surface area contributed by atoms with Crippen molar-refractivity contribution in [1.82, 2.24) is 9.88 Å². The third-order valence-corrected chi connectivity index (χ3v) is 7.33. The average Bonchev–Trinajstić information content (AvgIpc) is 3.26. The van der Waals surface area contributed by atoms with Gasteiger partial charge in [-0.2, -0.15) is 0 Å². The predicted molar refractivity (Wildman–Crippen MR) is 134 cm³/mol. The highest BCUT2D eigenvalue weighted by atomic mass is 16.2. The molecule has 5 nitrogen and oxygen atoms in total. The van der Waals surface area contributed by atoms with Crippen molar-refractivity contribution < 1.29 is 4.79 Å². The lowest BCUT2D eigenvalue weighted by Crippen LogP contribution is -2.29. The van der Waals surface area contributed by atoms with Crippen molar-refractivity contribution in [2.75, 3.05) is 18.4 Å². The van der Waals surface area contributed by atoms with Crippen molar-refractivity contribution in [2.45, 2.75) is 69.7 Å². The zero-order chi connectivity index (χ0) is 22.5. The Kier molecular flexibility index (Phi) is 6.84. The first kappa shape index (κ1) is 21.9. The molecule has 5 rings (SSSR count). The highest BCUT2D eigenvalue weighted by Gasteiger charge is 2.28. The number of fused-ring (bicyclic) bond motifs is 1. The fraction of sp³-hybridized carbons (Fsp3) is 0.464. The fourth-order valence-corrected chi connectivity index (χ4v) is 5.49. The zero-order valence-electron chi connectivity index (χ0n) is 19.4. The zero-order valence-corrected chi connectivity index (χ0v) is 19.4. The van der Waals surface area contributed by atoms with Crippen LogP contribution < -0.4 is 5.32 Å². The molecule has 1 saturated carbocycles. The molecule has 2 aliphatic heterocycles. The van der Waals surface area contributed by atoms with E-state index in [1.165, 1.54) is 43.2 Å². The predicted octanol–water partition coefficient (Wildman–Crippen LogP) is 5.48. The summed E-state index contributed by atoms with van der Waals surface area (Å²) in [7, 11) is 0. The van der Waals surface area contributed by atoms with Gasteiger partial charge in [-0.05, 0) is 49.3 Å². The van der Waals surface area contributed by atoms with Crippen LogP contribution in [0.4, 0.5) is 5.82 Å². The number of aromatic nitrogens is 1. The lowest BCUT2D eigenvalue weighted by Gasteiger charge is -2.25. The number of rotatable bonds is 6. The van der Waals surface area contributed by atoms with Crippen molar-refractivity contribution in [3.05, 3.63) is 71.6 Å². The summed E-state index contributed by atoms with van der Waals surface area (Å²) < 4.78 is 0. The minimum atomic E-state index is 0.233. The Bertz CT molecular complexity index is 1020. The standard InChI is InChI=1S/C28H34N4O/c33-26(32-19-16-23(20-32)21-8-3-1-4-9-21)14-13-25-27-22(10-7-17-29-25)15-18-30-28(27)31-24-11-5-2-6-12-24/h1,3-4,7-9,15,17-18,23-24H,2,5-6,10-14,16,19-20H2,(H,30,31). The summed E-state index contributed by atoms with van der Waals surface area (Å²) in [6, 6.07) is 13.2. The van der Waals surface area contributed by atoms with Gasteiger partial charge < -0.3 is 10.2 Å². The maximum Gasteiger partial charge on any atom is 0.222 e. The lowest BCUT2D eigenvalue weighted by atomic mass is 9.94. The summed E-state index contributed by atoms with van der Waals surface area (Å²) in [5.74, 6) is 1.63. The van der Waals surface area contributed by atoms with Crippen LogP contribution >= 0.6 is 0 Å². The van der Waals surface area contributed by atoms with Crippen LogP contribution in [0.5, 0.6) is 0 Å². The van der Waals surface area contributed by atoms with E-state index >= 15 is 0 Å². The van der Waals surface area contributed by atoms with E-state index in [-0.39, 0.29) is 5.91 Å². The second kappa shape index (κ2) is 10.3. The minimum absolute atomic E-state index is 0.233. The molecule has 1 aliphatic carbocycles. The number of pyridine rings is 1. The van der Waals surface area contributed by atoms with Gasteiger partial charge in [-0.15, -0.1) is 0 Å². The first-order chi connectivity index (χ1) is 16.3. The lowest BCUT2D eigenvalue weighted by molar-refractivity contribution is -0.130. The SMILES string of the molecule is O=C(CCC1=NC=CCc2ccnc(NC3CCCCC3)c21)N1CCC(c2ccccc2)C1. The van der Waals surface area contributed by atoms with Crippen molar-refractivity contribution in [2.24, 2.45) is 4.99 Å². The number of hydrogen-bond donors (Lipinski definition) is 1. The molecule has 172 valence electrons. The number of carbonyl (C=O) groups excluding carboxylic acids is 1. The Morgan fingerprint density at radius 3 is 2.76 bits per heavy atom. The van der Waals surface area contributed by atoms with Gasteiger partial charge in [-0.3, -0.25) is 9.79 Å². The molecule has 0 radical (unpaired) electrons. The fourth-order valence-electron chi connectivity index (χ4n) is 5.49. The molecule has 1 aromatic carbocycles. The van der Waals surface area contributed by atoms with Crippen molar-refractivity contribution in [1.29, 1.82) is 0 Å². The maximum atomic E-state index is 13.1. The molecule has 5 heteroatoms. The highest BCUT2D eigenvalue weighted by molar-refractivity contribution is 6.07. The monoisotopic (exact) mass is 442 g/mol. The summed E-state index contributed by atoms with van der Waals surface area (Å²) >= 11 is 0. The van der Waals surface area contributed by atoms with Crippen LogP contribution in [0.15, 0.2) is 59.9 Å². The van der Waals surface area contributed by atoms with Crippen LogP contribution in [0, 0.1) is 0 Å². The van der Waals surface area contributed by atoms with Crippen molar-refractivity contribution >= 4 is 17.4 Å². The molecule has 1 atom stereocenters. The number of carbonyl (C=O) groups is 1. The van der Waals surface area contributed by atoms with E-state index in [9.17, 15) is 4.79 Å². The number of amides is 1. The largest absolute Gasteiger partial charge is 0.367 e. The van der Waals surface area contributed by atoms with Crippen LogP contribution in [0.1, 0.15) is 74.0 Å². The molecule has 3 aliphatic rings. The van der Waals surface area contributed by atoms with E-state index in [1.54, 1.807) is 0 Å². The molecule has 1 unspecified atom stereocenters. The maximum absolute atomic E-state index is 13.1.